The monoisotopic (exact) mass is 323 g/mol. The fourth-order valence-corrected chi connectivity index (χ4v) is 4.12. The second kappa shape index (κ2) is 6.67. The number of rotatable bonds is 4. The summed E-state index contributed by atoms with van der Waals surface area (Å²) in [6, 6.07) is 7.46. The number of benzene rings is 1. The van der Waals surface area contributed by atoms with Crippen LogP contribution in [0.25, 0.3) is 0 Å². The molecule has 0 saturated carbocycles. The van der Waals surface area contributed by atoms with Crippen molar-refractivity contribution in [3.8, 4) is 0 Å². The molecule has 1 heterocycles. The van der Waals surface area contributed by atoms with Crippen LogP contribution in [0, 0.1) is 0 Å². The first-order chi connectivity index (χ1) is 9.97. The standard InChI is InChI=1S/C16H18ClNO2S/c1-4-21-15-10(3)18-9(2)13(16(19)20)14(15)11-7-5-6-8-12(11)17/h5-8,14-15H,4H2,1-3H3,(H,19,20). The van der Waals surface area contributed by atoms with Crippen LogP contribution < -0.4 is 0 Å². The van der Waals surface area contributed by atoms with E-state index < -0.39 is 5.97 Å². The van der Waals surface area contributed by atoms with Gasteiger partial charge in [-0.1, -0.05) is 36.7 Å². The van der Waals surface area contributed by atoms with Crippen molar-refractivity contribution in [2.24, 2.45) is 4.99 Å². The zero-order chi connectivity index (χ0) is 15.6. The first-order valence-corrected chi connectivity index (χ1v) is 8.25. The average molecular weight is 324 g/mol. The van der Waals surface area contributed by atoms with Crippen LogP contribution in [0.4, 0.5) is 0 Å². The van der Waals surface area contributed by atoms with Crippen LogP contribution in [-0.2, 0) is 4.79 Å². The van der Waals surface area contributed by atoms with E-state index in [2.05, 4.69) is 11.9 Å². The summed E-state index contributed by atoms with van der Waals surface area (Å²) in [7, 11) is 0. The third kappa shape index (κ3) is 3.16. The molecule has 1 aliphatic rings. The molecule has 0 bridgehead atoms. The molecule has 1 aliphatic heterocycles. The molecule has 0 aliphatic carbocycles. The van der Waals surface area contributed by atoms with Crippen molar-refractivity contribution in [2.75, 3.05) is 5.75 Å². The number of halogens is 1. The molecule has 0 saturated heterocycles. The quantitative estimate of drug-likeness (QED) is 0.894. The minimum atomic E-state index is -0.921. The predicted molar refractivity (Wildman–Crippen MR) is 89.6 cm³/mol. The van der Waals surface area contributed by atoms with E-state index >= 15 is 0 Å². The molecular formula is C16H18ClNO2S. The molecule has 0 aromatic heterocycles. The van der Waals surface area contributed by atoms with Gasteiger partial charge in [0, 0.05) is 22.3 Å². The van der Waals surface area contributed by atoms with Crippen molar-refractivity contribution in [1.82, 2.24) is 0 Å². The number of nitrogens with zero attached hydrogens (tertiary/aromatic N) is 1. The van der Waals surface area contributed by atoms with Crippen LogP contribution >= 0.6 is 23.4 Å². The Labute approximate surface area is 134 Å². The topological polar surface area (TPSA) is 49.7 Å². The smallest absolute Gasteiger partial charge is 0.334 e. The van der Waals surface area contributed by atoms with Crippen LogP contribution in [0.2, 0.25) is 5.02 Å². The van der Waals surface area contributed by atoms with Gasteiger partial charge in [0.25, 0.3) is 0 Å². The highest BCUT2D eigenvalue weighted by Gasteiger charge is 2.37. The first-order valence-electron chi connectivity index (χ1n) is 6.82. The summed E-state index contributed by atoms with van der Waals surface area (Å²) in [4.78, 5) is 16.2. The summed E-state index contributed by atoms with van der Waals surface area (Å²) in [5.41, 5.74) is 2.72. The van der Waals surface area contributed by atoms with Gasteiger partial charge in [-0.05, 0) is 31.2 Å². The van der Waals surface area contributed by atoms with E-state index in [4.69, 9.17) is 11.6 Å². The second-order valence-electron chi connectivity index (χ2n) is 4.93. The number of aliphatic imine (C=N–C) groups is 1. The van der Waals surface area contributed by atoms with Gasteiger partial charge in [0.05, 0.1) is 10.8 Å². The van der Waals surface area contributed by atoms with Gasteiger partial charge in [-0.2, -0.15) is 11.8 Å². The molecule has 0 fully saturated rings. The summed E-state index contributed by atoms with van der Waals surface area (Å²) < 4.78 is 0. The van der Waals surface area contributed by atoms with E-state index in [1.807, 2.05) is 25.1 Å². The Morgan fingerprint density at radius 1 is 1.38 bits per heavy atom. The molecule has 2 rings (SSSR count). The fourth-order valence-electron chi connectivity index (χ4n) is 2.74. The van der Waals surface area contributed by atoms with Crippen molar-refractivity contribution >= 4 is 35.0 Å². The Bertz CT molecular complexity index is 624. The molecule has 0 spiro atoms. The molecule has 1 N–H and O–H groups in total. The summed E-state index contributed by atoms with van der Waals surface area (Å²) in [6.45, 7) is 5.77. The van der Waals surface area contributed by atoms with Crippen molar-refractivity contribution < 1.29 is 9.90 Å². The lowest BCUT2D eigenvalue weighted by molar-refractivity contribution is -0.133. The van der Waals surface area contributed by atoms with Gasteiger partial charge in [0.1, 0.15) is 0 Å². The normalized spacial score (nSPS) is 22.2. The van der Waals surface area contributed by atoms with Crippen molar-refractivity contribution in [3.05, 3.63) is 46.1 Å². The number of hydrogen-bond donors (Lipinski definition) is 1. The Balaban J connectivity index is 2.63. The highest BCUT2D eigenvalue weighted by atomic mass is 35.5. The van der Waals surface area contributed by atoms with Gasteiger partial charge in [-0.3, -0.25) is 4.99 Å². The minimum absolute atomic E-state index is 0.00435. The van der Waals surface area contributed by atoms with Crippen molar-refractivity contribution in [1.29, 1.82) is 0 Å². The van der Waals surface area contributed by atoms with Crippen LogP contribution in [0.1, 0.15) is 32.3 Å². The van der Waals surface area contributed by atoms with Gasteiger partial charge in [0.15, 0.2) is 0 Å². The van der Waals surface area contributed by atoms with Crippen molar-refractivity contribution in [2.45, 2.75) is 31.9 Å². The highest BCUT2D eigenvalue weighted by Crippen LogP contribution is 2.42. The average Bonchev–Trinajstić information content (AvgIpc) is 2.41. The zero-order valence-electron chi connectivity index (χ0n) is 12.3. The molecule has 21 heavy (non-hydrogen) atoms. The molecule has 1 aromatic carbocycles. The van der Waals surface area contributed by atoms with E-state index in [0.717, 1.165) is 17.0 Å². The molecule has 112 valence electrons. The van der Waals surface area contributed by atoms with E-state index in [9.17, 15) is 9.90 Å². The predicted octanol–water partition coefficient (Wildman–Crippen LogP) is 4.38. The summed E-state index contributed by atoms with van der Waals surface area (Å²) in [6.07, 6.45) is 0. The van der Waals surface area contributed by atoms with Gasteiger partial charge < -0.3 is 5.11 Å². The fraction of sp³-hybridized carbons (Fsp3) is 0.375. The van der Waals surface area contributed by atoms with E-state index in [1.54, 1.807) is 24.8 Å². The Kier molecular flexibility index (Phi) is 5.12. The second-order valence-corrected chi connectivity index (χ2v) is 6.76. The van der Waals surface area contributed by atoms with Crippen LogP contribution in [0.5, 0.6) is 0 Å². The number of thioether (sulfide) groups is 1. The third-order valence-corrected chi connectivity index (χ3v) is 5.23. The molecule has 1 aromatic rings. The van der Waals surface area contributed by atoms with Crippen LogP contribution in [-0.4, -0.2) is 27.8 Å². The lowest BCUT2D eigenvalue weighted by Gasteiger charge is -2.32. The Morgan fingerprint density at radius 3 is 2.62 bits per heavy atom. The summed E-state index contributed by atoms with van der Waals surface area (Å²) in [5, 5.41) is 10.2. The lowest BCUT2D eigenvalue weighted by atomic mass is 9.83. The van der Waals surface area contributed by atoms with Crippen LogP contribution in [0.3, 0.4) is 0 Å². The maximum Gasteiger partial charge on any atom is 0.334 e. The maximum atomic E-state index is 11.7. The van der Waals surface area contributed by atoms with Gasteiger partial charge in [-0.15, -0.1) is 0 Å². The number of allylic oxidation sites excluding steroid dienone is 1. The number of carbonyl (C=O) groups is 1. The number of carboxylic acid groups (broad SMARTS) is 1. The first kappa shape index (κ1) is 16.1. The molecule has 2 unspecified atom stereocenters. The van der Waals surface area contributed by atoms with Gasteiger partial charge in [-0.25, -0.2) is 4.79 Å². The molecule has 3 nitrogen and oxygen atoms in total. The molecule has 2 atom stereocenters. The van der Waals surface area contributed by atoms with Gasteiger partial charge in [0.2, 0.25) is 0 Å². The zero-order valence-corrected chi connectivity index (χ0v) is 13.8. The SMILES string of the molecule is CCSC1C(C)=NC(C)=C(C(=O)O)C1c1ccccc1Cl. The summed E-state index contributed by atoms with van der Waals surface area (Å²) >= 11 is 8.03. The largest absolute Gasteiger partial charge is 0.478 e. The molecule has 5 heteroatoms. The molecule has 0 amide bonds. The van der Waals surface area contributed by atoms with E-state index in [0.29, 0.717) is 16.3 Å². The van der Waals surface area contributed by atoms with Crippen LogP contribution in [0.15, 0.2) is 40.5 Å². The Morgan fingerprint density at radius 2 is 2.05 bits per heavy atom. The highest BCUT2D eigenvalue weighted by molar-refractivity contribution is 8.00. The lowest BCUT2D eigenvalue weighted by Crippen LogP contribution is -2.32. The third-order valence-electron chi connectivity index (χ3n) is 3.58. The van der Waals surface area contributed by atoms with Crippen molar-refractivity contribution in [3.63, 3.8) is 0 Å². The number of aliphatic carboxylic acids is 1. The Hall–Kier alpha value is -1.26. The number of carboxylic acids is 1. The minimum Gasteiger partial charge on any atom is -0.478 e. The van der Waals surface area contributed by atoms with E-state index in [-0.39, 0.29) is 11.2 Å². The maximum absolute atomic E-state index is 11.7. The summed E-state index contributed by atoms with van der Waals surface area (Å²) in [5.74, 6) is -0.293. The molecule has 0 radical (unpaired) electrons. The van der Waals surface area contributed by atoms with Gasteiger partial charge >= 0.3 is 5.97 Å². The van der Waals surface area contributed by atoms with E-state index in [1.165, 1.54) is 0 Å². The number of hydrogen-bond acceptors (Lipinski definition) is 3. The molecular weight excluding hydrogens is 306 g/mol.